The maximum Gasteiger partial charge on any atom is 0.317 e. The number of piperazine rings is 1. The molecule has 0 atom stereocenters. The monoisotopic (exact) mass is 411 g/mol. The molecule has 2 aromatic carbocycles. The van der Waals surface area contributed by atoms with Crippen molar-refractivity contribution in [3.05, 3.63) is 64.9 Å². The highest BCUT2D eigenvalue weighted by Crippen LogP contribution is 2.20. The first-order chi connectivity index (χ1) is 12.9. The number of benzene rings is 2. The fourth-order valence-corrected chi connectivity index (χ4v) is 4.36. The summed E-state index contributed by atoms with van der Waals surface area (Å²) >= 11 is 5.80. The predicted octanol–water partition coefficient (Wildman–Crippen LogP) is 2.70. The van der Waals surface area contributed by atoms with Crippen molar-refractivity contribution in [2.24, 2.45) is 0 Å². The van der Waals surface area contributed by atoms with E-state index in [-0.39, 0.29) is 49.5 Å². The van der Waals surface area contributed by atoms with Gasteiger partial charge in [-0.05, 0) is 30.3 Å². The lowest BCUT2D eigenvalue weighted by atomic mass is 10.2. The first kappa shape index (κ1) is 19.6. The largest absolute Gasteiger partial charge is 0.334 e. The Morgan fingerprint density at radius 3 is 2.30 bits per heavy atom. The SMILES string of the molecule is O=C(NCc1ccccc1F)N1CCN(S(=O)(=O)c2ccc(Cl)cc2)CC1. The molecule has 9 heteroatoms. The first-order valence-corrected chi connectivity index (χ1v) is 10.2. The molecule has 0 radical (unpaired) electrons. The number of nitrogens with one attached hydrogen (secondary N) is 1. The summed E-state index contributed by atoms with van der Waals surface area (Å²) in [4.78, 5) is 13.9. The lowest BCUT2D eigenvalue weighted by molar-refractivity contribution is 0.172. The zero-order chi connectivity index (χ0) is 19.4. The third kappa shape index (κ3) is 4.58. The van der Waals surface area contributed by atoms with Gasteiger partial charge in [0.05, 0.1) is 4.90 Å². The van der Waals surface area contributed by atoms with E-state index in [4.69, 9.17) is 11.6 Å². The molecule has 1 heterocycles. The number of carbonyl (C=O) groups excluding carboxylic acids is 1. The van der Waals surface area contributed by atoms with Crippen LogP contribution in [-0.2, 0) is 16.6 Å². The summed E-state index contributed by atoms with van der Waals surface area (Å²) in [6, 6.07) is 11.9. The summed E-state index contributed by atoms with van der Waals surface area (Å²) in [7, 11) is -3.62. The minimum Gasteiger partial charge on any atom is -0.334 e. The van der Waals surface area contributed by atoms with Crippen LogP contribution in [-0.4, -0.2) is 49.8 Å². The standard InChI is InChI=1S/C18H19ClFN3O3S/c19-15-5-7-16(8-6-15)27(25,26)23-11-9-22(10-12-23)18(24)21-13-14-3-1-2-4-17(14)20/h1-8H,9-13H2,(H,21,24). The van der Waals surface area contributed by atoms with Crippen LogP contribution in [0.3, 0.4) is 0 Å². The van der Waals surface area contributed by atoms with Crippen molar-refractivity contribution >= 4 is 27.7 Å². The molecule has 144 valence electrons. The predicted molar refractivity (Wildman–Crippen MR) is 100 cm³/mol. The van der Waals surface area contributed by atoms with Crippen LogP contribution >= 0.6 is 11.6 Å². The van der Waals surface area contributed by atoms with Crippen molar-refractivity contribution in [1.29, 1.82) is 0 Å². The first-order valence-electron chi connectivity index (χ1n) is 8.40. The Hall–Kier alpha value is -2.16. The van der Waals surface area contributed by atoms with Gasteiger partial charge in [0, 0.05) is 43.3 Å². The van der Waals surface area contributed by atoms with Gasteiger partial charge < -0.3 is 10.2 Å². The topological polar surface area (TPSA) is 69.7 Å². The molecule has 0 spiro atoms. The number of halogens is 2. The van der Waals surface area contributed by atoms with Crippen LogP contribution in [0.5, 0.6) is 0 Å². The number of rotatable bonds is 4. The van der Waals surface area contributed by atoms with Gasteiger partial charge in [-0.15, -0.1) is 0 Å². The Balaban J connectivity index is 1.56. The summed E-state index contributed by atoms with van der Waals surface area (Å²) in [6.07, 6.45) is 0. The van der Waals surface area contributed by atoms with Crippen LogP contribution in [0.4, 0.5) is 9.18 Å². The molecular weight excluding hydrogens is 393 g/mol. The van der Waals surface area contributed by atoms with Gasteiger partial charge in [0.15, 0.2) is 0 Å². The zero-order valence-electron chi connectivity index (χ0n) is 14.4. The van der Waals surface area contributed by atoms with Gasteiger partial charge in [-0.3, -0.25) is 0 Å². The van der Waals surface area contributed by atoms with Crippen molar-refractivity contribution in [3.63, 3.8) is 0 Å². The van der Waals surface area contributed by atoms with Crippen LogP contribution in [0.15, 0.2) is 53.4 Å². The van der Waals surface area contributed by atoms with E-state index in [9.17, 15) is 17.6 Å². The average Bonchev–Trinajstić information content (AvgIpc) is 2.67. The van der Waals surface area contributed by atoms with Gasteiger partial charge in [-0.25, -0.2) is 17.6 Å². The minimum atomic E-state index is -3.62. The van der Waals surface area contributed by atoms with Gasteiger partial charge in [-0.2, -0.15) is 4.31 Å². The fraction of sp³-hybridized carbons (Fsp3) is 0.278. The van der Waals surface area contributed by atoms with Crippen LogP contribution in [0, 0.1) is 5.82 Å². The number of urea groups is 1. The molecule has 0 saturated carbocycles. The highest BCUT2D eigenvalue weighted by molar-refractivity contribution is 7.89. The molecule has 0 aliphatic carbocycles. The maximum atomic E-state index is 13.6. The van der Waals surface area contributed by atoms with E-state index in [1.54, 1.807) is 18.2 Å². The Labute approximate surface area is 162 Å². The summed E-state index contributed by atoms with van der Waals surface area (Å²) in [5.41, 5.74) is 0.398. The molecule has 2 aromatic rings. The molecule has 1 saturated heterocycles. The number of nitrogens with zero attached hydrogens (tertiary/aromatic N) is 2. The molecule has 6 nitrogen and oxygen atoms in total. The van der Waals surface area contributed by atoms with Crippen LogP contribution in [0.25, 0.3) is 0 Å². The average molecular weight is 412 g/mol. The molecule has 1 aliphatic heterocycles. The van der Waals surface area contributed by atoms with Gasteiger partial charge >= 0.3 is 6.03 Å². The Morgan fingerprint density at radius 1 is 1.04 bits per heavy atom. The molecule has 0 aromatic heterocycles. The van der Waals surface area contributed by atoms with Crippen molar-refractivity contribution < 1.29 is 17.6 Å². The van der Waals surface area contributed by atoms with Crippen LogP contribution in [0.2, 0.25) is 5.02 Å². The van der Waals surface area contributed by atoms with Crippen molar-refractivity contribution in [2.75, 3.05) is 26.2 Å². The van der Waals surface area contributed by atoms with E-state index in [2.05, 4.69) is 5.32 Å². The van der Waals surface area contributed by atoms with Gasteiger partial charge in [-0.1, -0.05) is 29.8 Å². The molecule has 1 fully saturated rings. The van der Waals surface area contributed by atoms with E-state index in [1.807, 2.05) is 0 Å². The van der Waals surface area contributed by atoms with Crippen molar-refractivity contribution in [1.82, 2.24) is 14.5 Å². The van der Waals surface area contributed by atoms with Gasteiger partial charge in [0.1, 0.15) is 5.82 Å². The quantitative estimate of drug-likeness (QED) is 0.840. The maximum absolute atomic E-state index is 13.6. The van der Waals surface area contributed by atoms with E-state index in [1.165, 1.54) is 39.5 Å². The number of hydrogen-bond donors (Lipinski definition) is 1. The molecule has 1 N–H and O–H groups in total. The van der Waals surface area contributed by atoms with Crippen molar-refractivity contribution in [2.45, 2.75) is 11.4 Å². The summed E-state index contributed by atoms with van der Waals surface area (Å²) < 4.78 is 40.2. The third-order valence-electron chi connectivity index (χ3n) is 4.37. The van der Waals surface area contributed by atoms with E-state index in [0.717, 1.165) is 0 Å². The smallest absolute Gasteiger partial charge is 0.317 e. The number of hydrogen-bond acceptors (Lipinski definition) is 3. The molecule has 2 amide bonds. The lowest BCUT2D eigenvalue weighted by Gasteiger charge is -2.34. The molecule has 0 bridgehead atoms. The van der Waals surface area contributed by atoms with Crippen molar-refractivity contribution in [3.8, 4) is 0 Å². The fourth-order valence-electron chi connectivity index (χ4n) is 2.81. The van der Waals surface area contributed by atoms with E-state index in [0.29, 0.717) is 10.6 Å². The summed E-state index contributed by atoms with van der Waals surface area (Å²) in [5.74, 6) is -0.378. The van der Waals surface area contributed by atoms with E-state index >= 15 is 0 Å². The third-order valence-corrected chi connectivity index (χ3v) is 6.53. The highest BCUT2D eigenvalue weighted by atomic mass is 35.5. The zero-order valence-corrected chi connectivity index (χ0v) is 16.0. The Morgan fingerprint density at radius 2 is 1.67 bits per heavy atom. The second-order valence-electron chi connectivity index (χ2n) is 6.10. The lowest BCUT2D eigenvalue weighted by Crippen LogP contribution is -2.52. The second-order valence-corrected chi connectivity index (χ2v) is 8.47. The number of sulfonamides is 1. The van der Waals surface area contributed by atoms with Gasteiger partial charge in [0.2, 0.25) is 10.0 Å². The normalized spacial score (nSPS) is 15.6. The minimum absolute atomic E-state index is 0.0782. The van der Waals surface area contributed by atoms with Crippen LogP contribution in [0.1, 0.15) is 5.56 Å². The van der Waals surface area contributed by atoms with Crippen LogP contribution < -0.4 is 5.32 Å². The number of amides is 2. The molecule has 1 aliphatic rings. The van der Waals surface area contributed by atoms with Gasteiger partial charge in [0.25, 0.3) is 0 Å². The molecule has 27 heavy (non-hydrogen) atoms. The highest BCUT2D eigenvalue weighted by Gasteiger charge is 2.30. The Kier molecular flexibility index (Phi) is 5.98. The molecule has 3 rings (SSSR count). The summed E-state index contributed by atoms with van der Waals surface area (Å²) in [5, 5.41) is 3.13. The molecule has 0 unspecified atom stereocenters. The number of carbonyl (C=O) groups is 1. The second kappa shape index (κ2) is 8.24. The summed E-state index contributed by atoms with van der Waals surface area (Å²) in [6.45, 7) is 0.983. The Bertz CT molecular complexity index is 914. The molecular formula is C18H19ClFN3O3S. The van der Waals surface area contributed by atoms with E-state index < -0.39 is 10.0 Å².